The van der Waals surface area contributed by atoms with Crippen LogP contribution in [0.2, 0.25) is 10.3 Å². The first kappa shape index (κ1) is 14.4. The Morgan fingerprint density at radius 3 is 2.53 bits per heavy atom. The van der Waals surface area contributed by atoms with E-state index in [1.54, 1.807) is 0 Å². The van der Waals surface area contributed by atoms with Crippen molar-refractivity contribution in [3.8, 4) is 0 Å². The molecule has 1 aliphatic heterocycles. The van der Waals surface area contributed by atoms with E-state index in [4.69, 9.17) is 28.9 Å². The van der Waals surface area contributed by atoms with Crippen LogP contribution in [0, 0.1) is 0 Å². The van der Waals surface area contributed by atoms with Crippen LogP contribution in [-0.4, -0.2) is 32.8 Å². The molecular formula is C10H10Cl2N4O2S. The van der Waals surface area contributed by atoms with Crippen LogP contribution in [0.25, 0.3) is 0 Å². The molecule has 19 heavy (non-hydrogen) atoms. The molecule has 6 nitrogen and oxygen atoms in total. The second-order valence-electron chi connectivity index (χ2n) is 3.96. The van der Waals surface area contributed by atoms with E-state index in [0.29, 0.717) is 6.54 Å². The van der Waals surface area contributed by atoms with Crippen molar-refractivity contribution in [1.29, 1.82) is 0 Å². The lowest BCUT2D eigenvalue weighted by Crippen LogP contribution is -2.27. The summed E-state index contributed by atoms with van der Waals surface area (Å²) in [4.78, 5) is 32.2. The predicted octanol–water partition coefficient (Wildman–Crippen LogP) is 1.75. The molecule has 1 aliphatic rings. The Bertz CT molecular complexity index is 531. The third kappa shape index (κ3) is 3.10. The van der Waals surface area contributed by atoms with Crippen molar-refractivity contribution in [2.75, 3.05) is 17.2 Å². The third-order valence-corrected chi connectivity index (χ3v) is 4.06. The minimum absolute atomic E-state index is 0.00507. The third-order valence-electron chi connectivity index (χ3n) is 2.50. The standard InChI is InChI=1S/C10H10Cl2N4O2S/c1-4(17)19-5-2-6(18)16(3-5)10-14-8(11)7(13)9(12)15-10/h5H,2-3,13H2,1H3. The number of nitrogens with zero attached hydrogens (tertiary/aromatic N) is 3. The molecule has 0 spiro atoms. The van der Waals surface area contributed by atoms with E-state index in [-0.39, 0.29) is 44.6 Å². The van der Waals surface area contributed by atoms with Crippen LogP contribution in [0.4, 0.5) is 11.6 Å². The fourth-order valence-corrected chi connectivity index (χ4v) is 3.01. The average molecular weight is 321 g/mol. The molecule has 0 radical (unpaired) electrons. The van der Waals surface area contributed by atoms with E-state index >= 15 is 0 Å². The second kappa shape index (κ2) is 5.52. The highest BCUT2D eigenvalue weighted by atomic mass is 35.5. The summed E-state index contributed by atoms with van der Waals surface area (Å²) < 4.78 is 0. The molecule has 0 aromatic carbocycles. The Hall–Kier alpha value is -1.05. The van der Waals surface area contributed by atoms with E-state index in [2.05, 4.69) is 9.97 Å². The van der Waals surface area contributed by atoms with Gasteiger partial charge in [0.25, 0.3) is 0 Å². The maximum absolute atomic E-state index is 11.9. The molecule has 1 aromatic rings. The number of nitrogen functional groups attached to an aromatic ring is 1. The summed E-state index contributed by atoms with van der Waals surface area (Å²) in [5.74, 6) is -0.0588. The van der Waals surface area contributed by atoms with E-state index < -0.39 is 0 Å². The van der Waals surface area contributed by atoms with E-state index in [9.17, 15) is 9.59 Å². The first-order valence-corrected chi connectivity index (χ1v) is 6.98. The van der Waals surface area contributed by atoms with Gasteiger partial charge in [0.15, 0.2) is 15.4 Å². The molecular weight excluding hydrogens is 311 g/mol. The van der Waals surface area contributed by atoms with Crippen molar-refractivity contribution in [1.82, 2.24) is 9.97 Å². The van der Waals surface area contributed by atoms with Crippen molar-refractivity contribution >= 4 is 57.6 Å². The van der Waals surface area contributed by atoms with Crippen molar-refractivity contribution in [3.05, 3.63) is 10.3 Å². The molecule has 0 bridgehead atoms. The Morgan fingerprint density at radius 2 is 2.00 bits per heavy atom. The van der Waals surface area contributed by atoms with Crippen LogP contribution < -0.4 is 10.6 Å². The molecule has 102 valence electrons. The summed E-state index contributed by atoms with van der Waals surface area (Å²) in [6, 6.07) is 0. The van der Waals surface area contributed by atoms with Gasteiger partial charge in [0.2, 0.25) is 11.9 Å². The van der Waals surface area contributed by atoms with E-state index in [0.717, 1.165) is 11.8 Å². The molecule has 0 saturated carbocycles. The van der Waals surface area contributed by atoms with Crippen LogP contribution in [-0.2, 0) is 9.59 Å². The van der Waals surface area contributed by atoms with Crippen LogP contribution in [0.15, 0.2) is 0 Å². The first-order chi connectivity index (χ1) is 8.88. The van der Waals surface area contributed by atoms with Gasteiger partial charge in [0.1, 0.15) is 5.69 Å². The summed E-state index contributed by atoms with van der Waals surface area (Å²) in [6.45, 7) is 1.81. The maximum Gasteiger partial charge on any atom is 0.235 e. The van der Waals surface area contributed by atoms with Gasteiger partial charge in [-0.15, -0.1) is 0 Å². The maximum atomic E-state index is 11.9. The zero-order valence-corrected chi connectivity index (χ0v) is 12.2. The molecule has 1 atom stereocenters. The number of halogens is 2. The van der Waals surface area contributed by atoms with Crippen LogP contribution in [0.3, 0.4) is 0 Å². The summed E-state index contributed by atoms with van der Waals surface area (Å²) >= 11 is 12.7. The summed E-state index contributed by atoms with van der Waals surface area (Å²) in [5.41, 5.74) is 5.61. The zero-order valence-electron chi connectivity index (χ0n) is 9.89. The fourth-order valence-electron chi connectivity index (χ4n) is 1.71. The largest absolute Gasteiger partial charge is 0.394 e. The minimum Gasteiger partial charge on any atom is -0.394 e. The number of rotatable bonds is 2. The normalized spacial score (nSPS) is 19.0. The molecule has 1 amide bonds. The first-order valence-electron chi connectivity index (χ1n) is 5.34. The molecule has 9 heteroatoms. The monoisotopic (exact) mass is 320 g/mol. The molecule has 1 unspecified atom stereocenters. The van der Waals surface area contributed by atoms with Gasteiger partial charge in [-0.2, -0.15) is 9.97 Å². The van der Waals surface area contributed by atoms with Gasteiger partial charge in [-0.25, -0.2) is 0 Å². The molecule has 2 heterocycles. The number of carbonyl (C=O) groups is 2. The summed E-state index contributed by atoms with van der Waals surface area (Å²) in [7, 11) is 0. The van der Waals surface area contributed by atoms with Gasteiger partial charge >= 0.3 is 0 Å². The van der Waals surface area contributed by atoms with Gasteiger partial charge in [0.05, 0.1) is 0 Å². The topological polar surface area (TPSA) is 89.2 Å². The Kier molecular flexibility index (Phi) is 4.17. The fraction of sp³-hybridized carbons (Fsp3) is 0.400. The van der Waals surface area contributed by atoms with Crippen LogP contribution in [0.5, 0.6) is 0 Å². The molecule has 1 fully saturated rings. The van der Waals surface area contributed by atoms with Gasteiger partial charge in [0, 0.05) is 25.1 Å². The van der Waals surface area contributed by atoms with Crippen LogP contribution >= 0.6 is 35.0 Å². The molecule has 2 rings (SSSR count). The number of nitrogens with two attached hydrogens (primary N) is 1. The molecule has 1 saturated heterocycles. The highest BCUT2D eigenvalue weighted by molar-refractivity contribution is 8.14. The van der Waals surface area contributed by atoms with E-state index in [1.807, 2.05) is 0 Å². The van der Waals surface area contributed by atoms with Gasteiger partial charge in [-0.05, 0) is 0 Å². The van der Waals surface area contributed by atoms with Gasteiger partial charge in [-0.3, -0.25) is 14.5 Å². The smallest absolute Gasteiger partial charge is 0.235 e. The lowest BCUT2D eigenvalue weighted by molar-refractivity contribution is -0.117. The predicted molar refractivity (Wildman–Crippen MR) is 75.5 cm³/mol. The number of anilines is 2. The lowest BCUT2D eigenvalue weighted by Gasteiger charge is -2.15. The van der Waals surface area contributed by atoms with Crippen molar-refractivity contribution in [3.63, 3.8) is 0 Å². The Labute approximate surface area is 123 Å². The second-order valence-corrected chi connectivity index (χ2v) is 6.15. The SMILES string of the molecule is CC(=O)SC1CC(=O)N(c2nc(Cl)c(N)c(Cl)n2)C1. The Balaban J connectivity index is 2.23. The number of thioether (sulfide) groups is 1. The number of hydrogen-bond acceptors (Lipinski definition) is 6. The molecule has 2 N–H and O–H groups in total. The van der Waals surface area contributed by atoms with Crippen molar-refractivity contribution < 1.29 is 9.59 Å². The quantitative estimate of drug-likeness (QED) is 0.835. The number of hydrogen-bond donors (Lipinski definition) is 1. The van der Waals surface area contributed by atoms with Gasteiger partial charge in [-0.1, -0.05) is 35.0 Å². The zero-order chi connectivity index (χ0) is 14.2. The average Bonchev–Trinajstić information content (AvgIpc) is 2.65. The van der Waals surface area contributed by atoms with Crippen molar-refractivity contribution in [2.45, 2.75) is 18.6 Å². The number of aromatic nitrogens is 2. The molecule has 0 aliphatic carbocycles. The number of carbonyl (C=O) groups excluding carboxylic acids is 2. The molecule has 1 aromatic heterocycles. The minimum atomic E-state index is -0.171. The highest BCUT2D eigenvalue weighted by Crippen LogP contribution is 2.30. The Morgan fingerprint density at radius 1 is 1.42 bits per heavy atom. The van der Waals surface area contributed by atoms with Crippen molar-refractivity contribution in [2.24, 2.45) is 0 Å². The highest BCUT2D eigenvalue weighted by Gasteiger charge is 2.34. The van der Waals surface area contributed by atoms with E-state index in [1.165, 1.54) is 11.8 Å². The summed E-state index contributed by atoms with van der Waals surface area (Å²) in [5, 5.41) is -0.131. The van der Waals surface area contributed by atoms with Gasteiger partial charge < -0.3 is 5.73 Å². The summed E-state index contributed by atoms with van der Waals surface area (Å²) in [6.07, 6.45) is 0.257. The number of amides is 1. The van der Waals surface area contributed by atoms with Crippen LogP contribution in [0.1, 0.15) is 13.3 Å². The lowest BCUT2D eigenvalue weighted by atomic mass is 10.4.